The molecule has 6 nitrogen and oxygen atoms in total. The van der Waals surface area contributed by atoms with Gasteiger partial charge in [-0.3, -0.25) is 4.79 Å². The van der Waals surface area contributed by atoms with Gasteiger partial charge in [-0.25, -0.2) is 4.79 Å². The van der Waals surface area contributed by atoms with E-state index in [4.69, 9.17) is 14.6 Å². The molecule has 1 amide bonds. The van der Waals surface area contributed by atoms with Gasteiger partial charge in [-0.05, 0) is 32.1 Å². The molecule has 0 spiro atoms. The molecule has 1 aliphatic heterocycles. The Hall–Kier alpha value is -1.14. The summed E-state index contributed by atoms with van der Waals surface area (Å²) < 4.78 is 10.8. The maximum Gasteiger partial charge on any atom is 0.326 e. The van der Waals surface area contributed by atoms with Crippen molar-refractivity contribution in [2.45, 2.75) is 58.3 Å². The van der Waals surface area contributed by atoms with Gasteiger partial charge in [-0.2, -0.15) is 0 Å². The van der Waals surface area contributed by atoms with Crippen LogP contribution in [-0.2, 0) is 19.1 Å². The quantitative estimate of drug-likeness (QED) is 0.700. The average molecular weight is 287 g/mol. The van der Waals surface area contributed by atoms with Crippen molar-refractivity contribution >= 4 is 11.9 Å². The molecule has 0 aliphatic carbocycles. The van der Waals surface area contributed by atoms with Gasteiger partial charge < -0.3 is 19.9 Å². The van der Waals surface area contributed by atoms with Gasteiger partial charge in [-0.15, -0.1) is 0 Å². The molecule has 0 aromatic heterocycles. The van der Waals surface area contributed by atoms with E-state index in [1.54, 1.807) is 6.92 Å². The first-order valence-electron chi connectivity index (χ1n) is 7.16. The molecular weight excluding hydrogens is 262 g/mol. The molecule has 1 heterocycles. The minimum absolute atomic E-state index is 0.0520. The Bertz CT molecular complexity index is 326. The summed E-state index contributed by atoms with van der Waals surface area (Å²) in [6, 6.07) is -0.865. The Balaban J connectivity index is 2.36. The molecule has 1 aliphatic rings. The zero-order valence-corrected chi connectivity index (χ0v) is 12.4. The topological polar surface area (TPSA) is 84.9 Å². The third kappa shape index (κ3) is 5.88. The fraction of sp³-hybridized carbons (Fsp3) is 0.857. The number of carbonyl (C=O) groups is 2. The van der Waals surface area contributed by atoms with Crippen LogP contribution in [0.5, 0.6) is 0 Å². The number of hydrogen-bond acceptors (Lipinski definition) is 4. The SMILES string of the molecule is CC(C)CC(NC(=O)C(C)OCC1CCCO1)C(=O)O. The number of carboxylic acid groups (broad SMARTS) is 1. The van der Waals surface area contributed by atoms with Gasteiger partial charge in [0.05, 0.1) is 12.7 Å². The third-order valence-corrected chi connectivity index (χ3v) is 3.25. The number of nitrogens with one attached hydrogen (secondary N) is 1. The molecule has 0 aromatic rings. The first-order valence-corrected chi connectivity index (χ1v) is 7.16. The van der Waals surface area contributed by atoms with Crippen molar-refractivity contribution in [3.05, 3.63) is 0 Å². The summed E-state index contributed by atoms with van der Waals surface area (Å²) in [6.07, 6.45) is 1.74. The number of rotatable bonds is 8. The van der Waals surface area contributed by atoms with Crippen molar-refractivity contribution in [1.29, 1.82) is 0 Å². The predicted molar refractivity (Wildman–Crippen MR) is 73.4 cm³/mol. The number of carboxylic acids is 1. The van der Waals surface area contributed by atoms with Crippen LogP contribution in [0.15, 0.2) is 0 Å². The summed E-state index contributed by atoms with van der Waals surface area (Å²) in [4.78, 5) is 23.0. The Labute approximate surface area is 119 Å². The number of carbonyl (C=O) groups excluding carboxylic acids is 1. The summed E-state index contributed by atoms with van der Waals surface area (Å²) in [5, 5.41) is 11.6. The lowest BCUT2D eigenvalue weighted by atomic mass is 10.0. The van der Waals surface area contributed by atoms with Crippen LogP contribution in [0, 0.1) is 5.92 Å². The Morgan fingerprint density at radius 1 is 1.40 bits per heavy atom. The highest BCUT2D eigenvalue weighted by Crippen LogP contribution is 2.13. The first-order chi connectivity index (χ1) is 9.40. The highest BCUT2D eigenvalue weighted by Gasteiger charge is 2.25. The molecule has 1 saturated heterocycles. The van der Waals surface area contributed by atoms with E-state index in [0.717, 1.165) is 19.4 Å². The van der Waals surface area contributed by atoms with Crippen LogP contribution in [-0.4, -0.2) is 48.4 Å². The van der Waals surface area contributed by atoms with Crippen LogP contribution in [0.3, 0.4) is 0 Å². The number of hydrogen-bond donors (Lipinski definition) is 2. The fourth-order valence-corrected chi connectivity index (χ4v) is 2.09. The van der Waals surface area contributed by atoms with E-state index in [1.807, 2.05) is 13.8 Å². The minimum atomic E-state index is -1.02. The van der Waals surface area contributed by atoms with Gasteiger partial charge in [0.25, 0.3) is 0 Å². The van der Waals surface area contributed by atoms with Crippen molar-refractivity contribution in [3.8, 4) is 0 Å². The van der Waals surface area contributed by atoms with Gasteiger partial charge in [0, 0.05) is 6.61 Å². The molecule has 0 radical (unpaired) electrons. The van der Waals surface area contributed by atoms with Crippen molar-refractivity contribution in [1.82, 2.24) is 5.32 Å². The molecule has 2 N–H and O–H groups in total. The van der Waals surface area contributed by atoms with Gasteiger partial charge in [0.1, 0.15) is 12.1 Å². The van der Waals surface area contributed by atoms with Gasteiger partial charge >= 0.3 is 5.97 Å². The zero-order chi connectivity index (χ0) is 15.1. The Morgan fingerprint density at radius 2 is 2.10 bits per heavy atom. The average Bonchev–Trinajstić information content (AvgIpc) is 2.87. The molecule has 0 saturated carbocycles. The van der Waals surface area contributed by atoms with Crippen LogP contribution in [0.1, 0.15) is 40.0 Å². The Kier molecular flexibility index (Phi) is 6.95. The van der Waals surface area contributed by atoms with E-state index >= 15 is 0 Å². The van der Waals surface area contributed by atoms with Crippen LogP contribution in [0.2, 0.25) is 0 Å². The molecule has 116 valence electrons. The summed E-state index contributed by atoms with van der Waals surface area (Å²) in [5.74, 6) is -1.21. The first kappa shape index (κ1) is 16.9. The molecule has 0 bridgehead atoms. The molecule has 3 unspecified atom stereocenters. The van der Waals surface area contributed by atoms with E-state index < -0.39 is 24.0 Å². The molecule has 1 rings (SSSR count). The fourth-order valence-electron chi connectivity index (χ4n) is 2.09. The van der Waals surface area contributed by atoms with E-state index in [-0.39, 0.29) is 12.0 Å². The monoisotopic (exact) mass is 287 g/mol. The third-order valence-electron chi connectivity index (χ3n) is 3.25. The standard InChI is InChI=1S/C14H25NO5/c1-9(2)7-12(14(17)18)15-13(16)10(3)20-8-11-5-4-6-19-11/h9-12H,4-8H2,1-3H3,(H,15,16)(H,17,18). The van der Waals surface area contributed by atoms with E-state index in [0.29, 0.717) is 13.0 Å². The van der Waals surface area contributed by atoms with Crippen molar-refractivity contribution in [2.75, 3.05) is 13.2 Å². The van der Waals surface area contributed by atoms with E-state index in [1.165, 1.54) is 0 Å². The molecular formula is C14H25NO5. The van der Waals surface area contributed by atoms with Gasteiger partial charge in [0.15, 0.2) is 0 Å². The highest BCUT2D eigenvalue weighted by molar-refractivity contribution is 5.86. The van der Waals surface area contributed by atoms with Crippen LogP contribution < -0.4 is 5.32 Å². The minimum Gasteiger partial charge on any atom is -0.480 e. The summed E-state index contributed by atoms with van der Waals surface area (Å²) in [5.41, 5.74) is 0. The van der Waals surface area contributed by atoms with Crippen molar-refractivity contribution in [2.24, 2.45) is 5.92 Å². The number of ether oxygens (including phenoxy) is 2. The second-order valence-corrected chi connectivity index (χ2v) is 5.64. The molecule has 3 atom stereocenters. The van der Waals surface area contributed by atoms with Gasteiger partial charge in [-0.1, -0.05) is 13.8 Å². The van der Waals surface area contributed by atoms with E-state index in [9.17, 15) is 9.59 Å². The lowest BCUT2D eigenvalue weighted by molar-refractivity contribution is -0.145. The van der Waals surface area contributed by atoms with Crippen LogP contribution >= 0.6 is 0 Å². The van der Waals surface area contributed by atoms with Gasteiger partial charge in [0.2, 0.25) is 5.91 Å². The van der Waals surface area contributed by atoms with Crippen LogP contribution in [0.4, 0.5) is 0 Å². The van der Waals surface area contributed by atoms with Crippen LogP contribution in [0.25, 0.3) is 0 Å². The maximum atomic E-state index is 11.9. The highest BCUT2D eigenvalue weighted by atomic mass is 16.5. The largest absolute Gasteiger partial charge is 0.480 e. The normalized spacial score (nSPS) is 21.7. The van der Waals surface area contributed by atoms with Crippen molar-refractivity contribution in [3.63, 3.8) is 0 Å². The summed E-state index contributed by atoms with van der Waals surface area (Å²) >= 11 is 0. The smallest absolute Gasteiger partial charge is 0.326 e. The molecule has 1 fully saturated rings. The zero-order valence-electron chi connectivity index (χ0n) is 12.4. The second-order valence-electron chi connectivity index (χ2n) is 5.64. The predicted octanol–water partition coefficient (Wildman–Crippen LogP) is 1.19. The summed E-state index contributed by atoms with van der Waals surface area (Å²) in [7, 11) is 0. The summed E-state index contributed by atoms with van der Waals surface area (Å²) in [6.45, 7) is 6.57. The van der Waals surface area contributed by atoms with E-state index in [2.05, 4.69) is 5.32 Å². The van der Waals surface area contributed by atoms with Crippen molar-refractivity contribution < 1.29 is 24.2 Å². The second kappa shape index (κ2) is 8.21. The molecule has 0 aromatic carbocycles. The Morgan fingerprint density at radius 3 is 2.60 bits per heavy atom. The lowest BCUT2D eigenvalue weighted by Crippen LogP contribution is -2.46. The lowest BCUT2D eigenvalue weighted by Gasteiger charge is -2.20. The molecule has 20 heavy (non-hydrogen) atoms. The maximum absolute atomic E-state index is 11.9. The molecule has 6 heteroatoms. The number of amides is 1. The number of aliphatic carboxylic acids is 1.